The van der Waals surface area contributed by atoms with E-state index in [0.717, 1.165) is 31.5 Å². The van der Waals surface area contributed by atoms with E-state index in [-0.39, 0.29) is 5.56 Å². The van der Waals surface area contributed by atoms with E-state index in [4.69, 9.17) is 11.6 Å². The molecule has 0 saturated carbocycles. The van der Waals surface area contributed by atoms with E-state index in [9.17, 15) is 4.79 Å². The summed E-state index contributed by atoms with van der Waals surface area (Å²) >= 11 is 6.43. The van der Waals surface area contributed by atoms with Gasteiger partial charge in [0.05, 0.1) is 15.9 Å². The molecule has 0 spiro atoms. The van der Waals surface area contributed by atoms with Crippen LogP contribution >= 0.6 is 11.6 Å². The molecule has 4 nitrogen and oxygen atoms in total. The summed E-state index contributed by atoms with van der Waals surface area (Å²) in [5, 5.41) is 0.964. The molecular formula is C22H24ClN3O. The summed E-state index contributed by atoms with van der Waals surface area (Å²) in [6.07, 6.45) is 4.06. The second-order valence-corrected chi connectivity index (χ2v) is 6.91. The molecule has 0 aliphatic heterocycles. The number of nitrogens with zero attached hydrogens (tertiary/aromatic N) is 2. The highest BCUT2D eigenvalue weighted by Gasteiger charge is 2.07. The number of H-pyrrole nitrogens is 1. The van der Waals surface area contributed by atoms with Crippen LogP contribution in [0.25, 0.3) is 22.0 Å². The highest BCUT2D eigenvalue weighted by molar-refractivity contribution is 6.50. The molecule has 0 bridgehead atoms. The molecule has 0 atom stereocenters. The normalized spacial score (nSPS) is 11.7. The van der Waals surface area contributed by atoms with Crippen molar-refractivity contribution in [2.45, 2.75) is 26.7 Å². The number of fused-ring (bicyclic) bond motifs is 1. The molecular weight excluding hydrogens is 358 g/mol. The molecule has 3 aromatic rings. The summed E-state index contributed by atoms with van der Waals surface area (Å²) in [6, 6.07) is 15.5. The molecule has 0 fully saturated rings. The summed E-state index contributed by atoms with van der Waals surface area (Å²) in [4.78, 5) is 21.8. The molecule has 3 rings (SSSR count). The second kappa shape index (κ2) is 8.87. The predicted octanol–water partition coefficient (Wildman–Crippen LogP) is 5.29. The lowest BCUT2D eigenvalue weighted by Gasteiger charge is -2.23. The molecule has 1 aromatic heterocycles. The van der Waals surface area contributed by atoms with Crippen molar-refractivity contribution in [3.05, 3.63) is 70.3 Å². The third-order valence-electron chi connectivity index (χ3n) is 4.38. The minimum atomic E-state index is -0.188. The van der Waals surface area contributed by atoms with E-state index in [1.807, 2.05) is 36.4 Å². The first-order valence-corrected chi connectivity index (χ1v) is 9.71. The zero-order chi connectivity index (χ0) is 19.2. The van der Waals surface area contributed by atoms with Crippen LogP contribution in [-0.4, -0.2) is 23.1 Å². The average Bonchev–Trinajstić information content (AvgIpc) is 2.68. The minimum Gasteiger partial charge on any atom is -0.372 e. The number of rotatable bonds is 7. The van der Waals surface area contributed by atoms with E-state index in [1.54, 1.807) is 6.07 Å². The van der Waals surface area contributed by atoms with E-state index in [1.165, 1.54) is 5.69 Å². The first-order chi connectivity index (χ1) is 13.1. The van der Waals surface area contributed by atoms with E-state index in [2.05, 4.69) is 40.8 Å². The Morgan fingerprint density at radius 1 is 1.07 bits per heavy atom. The number of hydrogen-bond donors (Lipinski definition) is 1. The largest absolute Gasteiger partial charge is 0.372 e. The van der Waals surface area contributed by atoms with Crippen LogP contribution in [0.1, 0.15) is 38.1 Å². The standard InChI is InChI=1S/C22H24ClN3O/c1-3-13-26(14-4-2)17-11-9-16(10-12-17)15-19(23)21-24-20-8-6-5-7-18(20)22(27)25-21/h5-12,15H,3-4,13-14H2,1-2H3,(H,24,25,27). The molecule has 0 saturated heterocycles. The summed E-state index contributed by atoms with van der Waals surface area (Å²) in [6.45, 7) is 6.48. The molecule has 0 radical (unpaired) electrons. The number of halogens is 1. The maximum Gasteiger partial charge on any atom is 0.259 e. The van der Waals surface area contributed by atoms with Gasteiger partial charge < -0.3 is 9.88 Å². The van der Waals surface area contributed by atoms with Crippen molar-refractivity contribution in [3.63, 3.8) is 0 Å². The summed E-state index contributed by atoms with van der Waals surface area (Å²) in [5.74, 6) is 0.378. The Labute approximate surface area is 164 Å². The van der Waals surface area contributed by atoms with Crippen LogP contribution in [0.2, 0.25) is 0 Å². The molecule has 0 aliphatic carbocycles. The number of aromatic amines is 1. The van der Waals surface area contributed by atoms with Gasteiger partial charge in [0, 0.05) is 18.8 Å². The summed E-state index contributed by atoms with van der Waals surface area (Å²) < 4.78 is 0. The average molecular weight is 382 g/mol. The zero-order valence-electron chi connectivity index (χ0n) is 15.7. The monoisotopic (exact) mass is 381 g/mol. The third-order valence-corrected chi connectivity index (χ3v) is 4.67. The Bertz CT molecular complexity index is 986. The number of benzene rings is 2. The predicted molar refractivity (Wildman–Crippen MR) is 115 cm³/mol. The lowest BCUT2D eigenvalue weighted by atomic mass is 10.1. The van der Waals surface area contributed by atoms with Gasteiger partial charge in [-0.25, -0.2) is 4.98 Å². The lowest BCUT2D eigenvalue weighted by Crippen LogP contribution is -2.24. The van der Waals surface area contributed by atoms with Crippen molar-refractivity contribution in [1.82, 2.24) is 9.97 Å². The first kappa shape index (κ1) is 19.2. The van der Waals surface area contributed by atoms with Gasteiger partial charge in [0.1, 0.15) is 0 Å². The molecule has 140 valence electrons. The molecule has 1 heterocycles. The zero-order valence-corrected chi connectivity index (χ0v) is 16.5. The summed E-state index contributed by atoms with van der Waals surface area (Å²) in [5.41, 5.74) is 2.62. The number of hydrogen-bond acceptors (Lipinski definition) is 3. The van der Waals surface area contributed by atoms with Gasteiger partial charge in [0.25, 0.3) is 5.56 Å². The van der Waals surface area contributed by atoms with Crippen molar-refractivity contribution in [2.24, 2.45) is 0 Å². The maximum atomic E-state index is 12.2. The smallest absolute Gasteiger partial charge is 0.259 e. The Hall–Kier alpha value is -2.59. The minimum absolute atomic E-state index is 0.188. The number of nitrogens with one attached hydrogen (secondary N) is 1. The fourth-order valence-corrected chi connectivity index (χ4v) is 3.32. The van der Waals surface area contributed by atoms with Gasteiger partial charge in [0.15, 0.2) is 5.82 Å². The van der Waals surface area contributed by atoms with Gasteiger partial charge in [-0.1, -0.05) is 49.7 Å². The Morgan fingerprint density at radius 3 is 2.41 bits per heavy atom. The van der Waals surface area contributed by atoms with Crippen LogP contribution in [-0.2, 0) is 0 Å². The fourth-order valence-electron chi connectivity index (χ4n) is 3.11. The van der Waals surface area contributed by atoms with Gasteiger partial charge in [0.2, 0.25) is 0 Å². The van der Waals surface area contributed by atoms with E-state index in [0.29, 0.717) is 21.8 Å². The Balaban J connectivity index is 1.87. The first-order valence-electron chi connectivity index (χ1n) is 9.34. The second-order valence-electron chi connectivity index (χ2n) is 6.50. The van der Waals surface area contributed by atoms with Gasteiger partial charge in [-0.3, -0.25) is 4.79 Å². The Kier molecular flexibility index (Phi) is 6.30. The van der Waals surface area contributed by atoms with Crippen LogP contribution < -0.4 is 10.5 Å². The van der Waals surface area contributed by atoms with Gasteiger partial charge >= 0.3 is 0 Å². The number of aromatic nitrogens is 2. The number of para-hydroxylation sites is 1. The molecule has 0 unspecified atom stereocenters. The number of anilines is 1. The molecule has 0 amide bonds. The van der Waals surface area contributed by atoms with Crippen molar-refractivity contribution in [2.75, 3.05) is 18.0 Å². The van der Waals surface area contributed by atoms with Gasteiger partial charge in [-0.2, -0.15) is 0 Å². The SMILES string of the molecule is CCCN(CCC)c1ccc(C=C(Cl)c2nc3ccccc3c(=O)[nH]2)cc1. The fraction of sp³-hybridized carbons (Fsp3) is 0.273. The molecule has 5 heteroatoms. The van der Waals surface area contributed by atoms with Gasteiger partial charge in [-0.05, 0) is 48.7 Å². The van der Waals surface area contributed by atoms with E-state index >= 15 is 0 Å². The van der Waals surface area contributed by atoms with Crippen LogP contribution in [0.15, 0.2) is 53.3 Å². The van der Waals surface area contributed by atoms with Crippen LogP contribution in [0, 0.1) is 0 Å². The lowest BCUT2D eigenvalue weighted by molar-refractivity contribution is 0.745. The Morgan fingerprint density at radius 2 is 1.74 bits per heavy atom. The molecule has 0 aliphatic rings. The maximum absolute atomic E-state index is 12.2. The van der Waals surface area contributed by atoms with Crippen LogP contribution in [0.3, 0.4) is 0 Å². The quantitative estimate of drug-likeness (QED) is 0.605. The van der Waals surface area contributed by atoms with E-state index < -0.39 is 0 Å². The van der Waals surface area contributed by atoms with Crippen molar-refractivity contribution in [1.29, 1.82) is 0 Å². The van der Waals surface area contributed by atoms with Crippen molar-refractivity contribution in [3.8, 4) is 0 Å². The highest BCUT2D eigenvalue weighted by Crippen LogP contribution is 2.22. The van der Waals surface area contributed by atoms with Crippen molar-refractivity contribution >= 4 is 39.3 Å². The van der Waals surface area contributed by atoms with Gasteiger partial charge in [-0.15, -0.1) is 0 Å². The molecule has 1 N–H and O–H groups in total. The van der Waals surface area contributed by atoms with Crippen molar-refractivity contribution < 1.29 is 0 Å². The van der Waals surface area contributed by atoms with Crippen LogP contribution in [0.4, 0.5) is 5.69 Å². The van der Waals surface area contributed by atoms with Crippen LogP contribution in [0.5, 0.6) is 0 Å². The molecule has 27 heavy (non-hydrogen) atoms. The highest BCUT2D eigenvalue weighted by atomic mass is 35.5. The summed E-state index contributed by atoms with van der Waals surface area (Å²) in [7, 11) is 0. The third kappa shape index (κ3) is 4.58. The topological polar surface area (TPSA) is 49.0 Å². The molecule has 2 aromatic carbocycles.